The van der Waals surface area contributed by atoms with E-state index in [4.69, 9.17) is 9.72 Å². The number of fused-ring (bicyclic) bond motifs is 1. The monoisotopic (exact) mass is 281 g/mol. The third kappa shape index (κ3) is 2.84. The maximum absolute atomic E-state index is 9.41. The molecule has 0 N–H and O–H groups in total. The minimum atomic E-state index is 0.622. The molecule has 0 unspecified atom stereocenters. The van der Waals surface area contributed by atoms with Crippen molar-refractivity contribution in [3.8, 4) is 6.07 Å². The number of nitrogens with zero attached hydrogens (tertiary/aromatic N) is 3. The molecule has 0 atom stereocenters. The predicted molar refractivity (Wildman–Crippen MR) is 83.3 cm³/mol. The molecule has 1 fully saturated rings. The molecule has 1 aromatic heterocycles. The van der Waals surface area contributed by atoms with Crippen molar-refractivity contribution in [2.75, 3.05) is 31.7 Å². The third-order valence-electron chi connectivity index (χ3n) is 4.14. The Kier molecular flexibility index (Phi) is 4.03. The molecule has 1 aliphatic rings. The van der Waals surface area contributed by atoms with Crippen LogP contribution >= 0.6 is 0 Å². The van der Waals surface area contributed by atoms with Crippen molar-refractivity contribution in [2.45, 2.75) is 12.8 Å². The van der Waals surface area contributed by atoms with E-state index in [0.29, 0.717) is 11.5 Å². The van der Waals surface area contributed by atoms with Gasteiger partial charge in [0, 0.05) is 32.2 Å². The van der Waals surface area contributed by atoms with Crippen molar-refractivity contribution >= 4 is 16.7 Å². The first-order chi connectivity index (χ1) is 10.3. The summed E-state index contributed by atoms with van der Waals surface area (Å²) in [7, 11) is 1.76. The maximum Gasteiger partial charge on any atom is 0.147 e. The van der Waals surface area contributed by atoms with E-state index in [0.717, 1.165) is 49.3 Å². The highest BCUT2D eigenvalue weighted by molar-refractivity contribution is 5.83. The number of aromatic nitrogens is 1. The summed E-state index contributed by atoms with van der Waals surface area (Å²) in [6.45, 7) is 2.70. The van der Waals surface area contributed by atoms with Crippen LogP contribution in [0.25, 0.3) is 10.9 Å². The first-order valence-corrected chi connectivity index (χ1v) is 7.35. The van der Waals surface area contributed by atoms with Gasteiger partial charge in [0.05, 0.1) is 11.1 Å². The van der Waals surface area contributed by atoms with E-state index in [2.05, 4.69) is 11.0 Å². The van der Waals surface area contributed by atoms with Gasteiger partial charge in [-0.25, -0.2) is 4.98 Å². The van der Waals surface area contributed by atoms with Crippen LogP contribution in [0.5, 0.6) is 0 Å². The molecule has 1 aliphatic heterocycles. The summed E-state index contributed by atoms with van der Waals surface area (Å²) in [5.41, 5.74) is 1.62. The van der Waals surface area contributed by atoms with Crippen LogP contribution in [0.2, 0.25) is 0 Å². The number of para-hydroxylation sites is 1. The Balaban J connectivity index is 1.88. The van der Waals surface area contributed by atoms with Gasteiger partial charge < -0.3 is 9.64 Å². The molecule has 0 aliphatic carbocycles. The van der Waals surface area contributed by atoms with Crippen LogP contribution in [0.4, 0.5) is 5.82 Å². The quantitative estimate of drug-likeness (QED) is 0.868. The maximum atomic E-state index is 9.41. The van der Waals surface area contributed by atoms with Crippen molar-refractivity contribution in [1.29, 1.82) is 5.26 Å². The Morgan fingerprint density at radius 2 is 2.10 bits per heavy atom. The standard InChI is InChI=1S/C17H19N3O/c1-21-12-13-6-8-20(9-7-13)17-15(11-18)10-14-4-2-3-5-16(14)19-17/h2-5,10,13H,6-9,12H2,1H3. The van der Waals surface area contributed by atoms with Gasteiger partial charge in [-0.3, -0.25) is 0 Å². The van der Waals surface area contributed by atoms with Gasteiger partial charge in [0.1, 0.15) is 11.9 Å². The number of methoxy groups -OCH3 is 1. The normalized spacial score (nSPS) is 16.1. The number of nitriles is 1. The Morgan fingerprint density at radius 1 is 1.33 bits per heavy atom. The van der Waals surface area contributed by atoms with Gasteiger partial charge in [0.2, 0.25) is 0 Å². The predicted octanol–water partition coefficient (Wildman–Crippen LogP) is 2.97. The number of benzene rings is 1. The summed E-state index contributed by atoms with van der Waals surface area (Å²) in [4.78, 5) is 6.95. The molecular formula is C17H19N3O. The van der Waals surface area contributed by atoms with Crippen LogP contribution in [0.1, 0.15) is 18.4 Å². The summed E-state index contributed by atoms with van der Waals surface area (Å²) in [6.07, 6.45) is 2.18. The van der Waals surface area contributed by atoms with Crippen molar-refractivity contribution in [2.24, 2.45) is 5.92 Å². The number of anilines is 1. The van der Waals surface area contributed by atoms with Gasteiger partial charge >= 0.3 is 0 Å². The van der Waals surface area contributed by atoms with Crippen LogP contribution in [-0.2, 0) is 4.74 Å². The molecule has 2 heterocycles. The molecule has 0 radical (unpaired) electrons. The molecule has 4 heteroatoms. The molecule has 0 saturated carbocycles. The van der Waals surface area contributed by atoms with Gasteiger partial charge in [0.15, 0.2) is 0 Å². The van der Waals surface area contributed by atoms with E-state index in [1.54, 1.807) is 7.11 Å². The number of pyridine rings is 1. The molecule has 0 bridgehead atoms. The lowest BCUT2D eigenvalue weighted by Gasteiger charge is -2.33. The third-order valence-corrected chi connectivity index (χ3v) is 4.14. The van der Waals surface area contributed by atoms with Gasteiger partial charge in [-0.2, -0.15) is 5.26 Å². The summed E-state index contributed by atoms with van der Waals surface area (Å²) < 4.78 is 5.24. The van der Waals surface area contributed by atoms with E-state index in [-0.39, 0.29) is 0 Å². The molecule has 21 heavy (non-hydrogen) atoms. The van der Waals surface area contributed by atoms with E-state index in [9.17, 15) is 5.26 Å². The lowest BCUT2D eigenvalue weighted by molar-refractivity contribution is 0.139. The summed E-state index contributed by atoms with van der Waals surface area (Å²) >= 11 is 0. The first kappa shape index (κ1) is 13.8. The molecule has 108 valence electrons. The van der Waals surface area contributed by atoms with Crippen LogP contribution in [0.15, 0.2) is 30.3 Å². The van der Waals surface area contributed by atoms with Crippen molar-refractivity contribution in [1.82, 2.24) is 4.98 Å². The second-order valence-electron chi connectivity index (χ2n) is 5.55. The van der Waals surface area contributed by atoms with Crippen LogP contribution in [0, 0.1) is 17.2 Å². The van der Waals surface area contributed by atoms with Gasteiger partial charge in [-0.05, 0) is 30.9 Å². The summed E-state index contributed by atoms with van der Waals surface area (Å²) in [6, 6.07) is 12.2. The highest BCUT2D eigenvalue weighted by Gasteiger charge is 2.22. The molecule has 1 aromatic carbocycles. The Hall–Kier alpha value is -2.12. The van der Waals surface area contributed by atoms with Crippen LogP contribution < -0.4 is 4.90 Å². The van der Waals surface area contributed by atoms with E-state index >= 15 is 0 Å². The number of hydrogen-bond donors (Lipinski definition) is 0. The highest BCUT2D eigenvalue weighted by atomic mass is 16.5. The Morgan fingerprint density at radius 3 is 2.81 bits per heavy atom. The lowest BCUT2D eigenvalue weighted by atomic mass is 9.97. The minimum absolute atomic E-state index is 0.622. The average Bonchev–Trinajstić information content (AvgIpc) is 2.54. The minimum Gasteiger partial charge on any atom is -0.384 e. The van der Waals surface area contributed by atoms with Crippen molar-refractivity contribution in [3.63, 3.8) is 0 Å². The summed E-state index contributed by atoms with van der Waals surface area (Å²) in [5.74, 6) is 1.45. The van der Waals surface area contributed by atoms with E-state index in [1.807, 2.05) is 30.3 Å². The molecule has 0 amide bonds. The fourth-order valence-electron chi connectivity index (χ4n) is 2.98. The zero-order valence-corrected chi connectivity index (χ0v) is 12.2. The molecular weight excluding hydrogens is 262 g/mol. The van der Waals surface area contributed by atoms with Gasteiger partial charge in [-0.15, -0.1) is 0 Å². The Bertz CT molecular complexity index is 669. The molecule has 2 aromatic rings. The Labute approximate surface area is 125 Å². The highest BCUT2D eigenvalue weighted by Crippen LogP contribution is 2.27. The fraction of sp³-hybridized carbons (Fsp3) is 0.412. The zero-order valence-electron chi connectivity index (χ0n) is 12.2. The van der Waals surface area contributed by atoms with Crippen LogP contribution in [-0.4, -0.2) is 31.8 Å². The number of piperidine rings is 1. The lowest BCUT2D eigenvalue weighted by Crippen LogP contribution is -2.36. The van der Waals surface area contributed by atoms with E-state index < -0.39 is 0 Å². The molecule has 0 spiro atoms. The smallest absolute Gasteiger partial charge is 0.147 e. The second-order valence-corrected chi connectivity index (χ2v) is 5.55. The van der Waals surface area contributed by atoms with Crippen molar-refractivity contribution in [3.05, 3.63) is 35.9 Å². The van der Waals surface area contributed by atoms with Gasteiger partial charge in [0.25, 0.3) is 0 Å². The topological polar surface area (TPSA) is 49.1 Å². The number of hydrogen-bond acceptors (Lipinski definition) is 4. The summed E-state index contributed by atoms with van der Waals surface area (Å²) in [5, 5.41) is 10.4. The number of rotatable bonds is 3. The SMILES string of the molecule is COCC1CCN(c2nc3ccccc3cc2C#N)CC1. The van der Waals surface area contributed by atoms with Crippen LogP contribution in [0.3, 0.4) is 0 Å². The molecule has 4 nitrogen and oxygen atoms in total. The van der Waals surface area contributed by atoms with E-state index in [1.165, 1.54) is 0 Å². The number of ether oxygens (including phenoxy) is 1. The van der Waals surface area contributed by atoms with Gasteiger partial charge in [-0.1, -0.05) is 18.2 Å². The largest absolute Gasteiger partial charge is 0.384 e. The van der Waals surface area contributed by atoms with Crippen molar-refractivity contribution < 1.29 is 4.74 Å². The fourth-order valence-corrected chi connectivity index (χ4v) is 2.98. The molecule has 1 saturated heterocycles. The zero-order chi connectivity index (χ0) is 14.7. The first-order valence-electron chi connectivity index (χ1n) is 7.35. The average molecular weight is 281 g/mol. The molecule has 3 rings (SSSR count). The second kappa shape index (κ2) is 6.11.